The predicted octanol–water partition coefficient (Wildman–Crippen LogP) is 3.90. The zero-order chi connectivity index (χ0) is 19.9. The summed E-state index contributed by atoms with van der Waals surface area (Å²) in [7, 11) is 1.57. The van der Waals surface area contributed by atoms with Crippen molar-refractivity contribution in [2.24, 2.45) is 5.73 Å². The smallest absolute Gasteiger partial charge is 0.224 e. The molecule has 2 aromatic carbocycles. The molecule has 0 saturated heterocycles. The van der Waals surface area contributed by atoms with Crippen LogP contribution in [0, 0.1) is 0 Å². The van der Waals surface area contributed by atoms with E-state index in [0.29, 0.717) is 43.2 Å². The van der Waals surface area contributed by atoms with Crippen LogP contribution in [0.3, 0.4) is 0 Å². The fourth-order valence-electron chi connectivity index (χ4n) is 2.69. The van der Waals surface area contributed by atoms with E-state index in [9.17, 15) is 4.79 Å². The van der Waals surface area contributed by atoms with E-state index in [-0.39, 0.29) is 11.3 Å². The number of methoxy groups -OCH3 is 1. The molecule has 0 aliphatic carbocycles. The van der Waals surface area contributed by atoms with Gasteiger partial charge in [0.2, 0.25) is 5.91 Å². The Morgan fingerprint density at radius 3 is 2.37 bits per heavy atom. The van der Waals surface area contributed by atoms with Crippen molar-refractivity contribution in [2.75, 3.05) is 25.6 Å². The number of hydrogen-bond acceptors (Lipinski definition) is 4. The summed E-state index contributed by atoms with van der Waals surface area (Å²) >= 11 is 0. The van der Waals surface area contributed by atoms with Crippen LogP contribution in [0.2, 0.25) is 0 Å². The summed E-state index contributed by atoms with van der Waals surface area (Å²) < 4.78 is 10.8. The number of anilines is 1. The van der Waals surface area contributed by atoms with Gasteiger partial charge in [0, 0.05) is 24.7 Å². The zero-order valence-corrected chi connectivity index (χ0v) is 16.7. The lowest BCUT2D eigenvalue weighted by molar-refractivity contribution is -0.116. The van der Waals surface area contributed by atoms with Crippen molar-refractivity contribution in [3.05, 3.63) is 53.6 Å². The third kappa shape index (κ3) is 6.29. The second kappa shape index (κ2) is 9.42. The molecule has 0 bridgehead atoms. The van der Waals surface area contributed by atoms with E-state index in [1.165, 1.54) is 5.56 Å². The number of carbonyl (C=O) groups is 1. The van der Waals surface area contributed by atoms with Gasteiger partial charge in [-0.1, -0.05) is 45.0 Å². The largest absolute Gasteiger partial charge is 0.493 e. The van der Waals surface area contributed by atoms with Crippen LogP contribution in [-0.4, -0.2) is 26.2 Å². The summed E-state index contributed by atoms with van der Waals surface area (Å²) in [5.74, 6) is 1.14. The minimum atomic E-state index is -0.0347. The maximum atomic E-state index is 12.3. The van der Waals surface area contributed by atoms with Crippen LogP contribution in [-0.2, 0) is 16.6 Å². The fraction of sp³-hybridized carbons (Fsp3) is 0.409. The lowest BCUT2D eigenvalue weighted by Gasteiger charge is -2.19. The molecule has 0 aromatic heterocycles. The Morgan fingerprint density at radius 2 is 1.78 bits per heavy atom. The average Bonchev–Trinajstić information content (AvgIpc) is 2.64. The number of nitrogens with two attached hydrogens (primary N) is 1. The Bertz CT molecular complexity index is 749. The quantitative estimate of drug-likeness (QED) is 0.739. The summed E-state index contributed by atoms with van der Waals surface area (Å²) in [6.45, 7) is 7.41. The summed E-state index contributed by atoms with van der Waals surface area (Å²) in [6, 6.07) is 13.8. The van der Waals surface area contributed by atoms with Crippen LogP contribution in [0.1, 0.15) is 38.3 Å². The highest BCUT2D eigenvalue weighted by Crippen LogP contribution is 2.30. The van der Waals surface area contributed by atoms with Gasteiger partial charge in [0.15, 0.2) is 11.5 Å². The van der Waals surface area contributed by atoms with Crippen molar-refractivity contribution < 1.29 is 14.3 Å². The molecule has 0 aliphatic heterocycles. The SMILES string of the molecule is COc1cc(NC(=O)CCc2ccc(C(C)(C)C)cc2)ccc1OCCN. The monoisotopic (exact) mass is 370 g/mol. The number of amides is 1. The fourth-order valence-corrected chi connectivity index (χ4v) is 2.69. The summed E-state index contributed by atoms with van der Waals surface area (Å²) in [6.07, 6.45) is 1.12. The van der Waals surface area contributed by atoms with E-state index in [2.05, 4.69) is 50.4 Å². The Hall–Kier alpha value is -2.53. The van der Waals surface area contributed by atoms with Crippen molar-refractivity contribution in [1.82, 2.24) is 0 Å². The molecule has 0 fully saturated rings. The first-order valence-corrected chi connectivity index (χ1v) is 9.23. The van der Waals surface area contributed by atoms with Crippen LogP contribution in [0.25, 0.3) is 0 Å². The number of rotatable bonds is 8. The van der Waals surface area contributed by atoms with Crippen LogP contribution >= 0.6 is 0 Å². The maximum Gasteiger partial charge on any atom is 0.224 e. The number of nitrogens with one attached hydrogen (secondary N) is 1. The molecule has 0 aliphatic rings. The third-order valence-corrected chi connectivity index (χ3v) is 4.28. The Morgan fingerprint density at radius 1 is 1.07 bits per heavy atom. The topological polar surface area (TPSA) is 73.6 Å². The first-order valence-electron chi connectivity index (χ1n) is 9.23. The Balaban J connectivity index is 1.91. The number of aryl methyl sites for hydroxylation is 1. The van der Waals surface area contributed by atoms with Gasteiger partial charge in [-0.05, 0) is 35.1 Å². The van der Waals surface area contributed by atoms with Crippen LogP contribution in [0.15, 0.2) is 42.5 Å². The van der Waals surface area contributed by atoms with Crippen molar-refractivity contribution in [3.63, 3.8) is 0 Å². The minimum Gasteiger partial charge on any atom is -0.493 e. The lowest BCUT2D eigenvalue weighted by Crippen LogP contribution is -2.13. The highest BCUT2D eigenvalue weighted by molar-refractivity contribution is 5.91. The van der Waals surface area contributed by atoms with Gasteiger partial charge >= 0.3 is 0 Å². The molecule has 2 aromatic rings. The standard InChI is InChI=1S/C22H30N2O3/c1-22(2,3)17-8-5-16(6-9-17)7-12-21(25)24-18-10-11-19(27-14-13-23)20(15-18)26-4/h5-6,8-11,15H,7,12-14,23H2,1-4H3,(H,24,25). The van der Waals surface area contributed by atoms with Gasteiger partial charge in [-0.15, -0.1) is 0 Å². The minimum absolute atomic E-state index is 0.0347. The van der Waals surface area contributed by atoms with Gasteiger partial charge in [-0.3, -0.25) is 4.79 Å². The van der Waals surface area contributed by atoms with E-state index < -0.39 is 0 Å². The molecule has 5 heteroatoms. The van der Waals surface area contributed by atoms with Crippen molar-refractivity contribution >= 4 is 11.6 Å². The van der Waals surface area contributed by atoms with Gasteiger partial charge in [0.05, 0.1) is 7.11 Å². The molecule has 0 spiro atoms. The Kier molecular flexibility index (Phi) is 7.25. The highest BCUT2D eigenvalue weighted by atomic mass is 16.5. The molecule has 1 amide bonds. The second-order valence-electron chi connectivity index (χ2n) is 7.50. The first kappa shape index (κ1) is 20.8. The second-order valence-corrected chi connectivity index (χ2v) is 7.50. The van der Waals surface area contributed by atoms with Crippen LogP contribution in [0.5, 0.6) is 11.5 Å². The van der Waals surface area contributed by atoms with Crippen LogP contribution < -0.4 is 20.5 Å². The van der Waals surface area contributed by atoms with E-state index >= 15 is 0 Å². The van der Waals surface area contributed by atoms with Crippen LogP contribution in [0.4, 0.5) is 5.69 Å². The molecule has 146 valence electrons. The van der Waals surface area contributed by atoms with Crippen molar-refractivity contribution in [1.29, 1.82) is 0 Å². The molecule has 3 N–H and O–H groups in total. The van der Waals surface area contributed by atoms with Gasteiger partial charge in [0.25, 0.3) is 0 Å². The molecule has 0 atom stereocenters. The van der Waals surface area contributed by atoms with Gasteiger partial charge in [-0.2, -0.15) is 0 Å². The number of carbonyl (C=O) groups excluding carboxylic acids is 1. The van der Waals surface area contributed by atoms with Crippen molar-refractivity contribution in [2.45, 2.75) is 39.0 Å². The molecule has 0 radical (unpaired) electrons. The summed E-state index contributed by atoms with van der Waals surface area (Å²) in [5.41, 5.74) is 8.71. The number of hydrogen-bond donors (Lipinski definition) is 2. The molecule has 5 nitrogen and oxygen atoms in total. The maximum absolute atomic E-state index is 12.3. The van der Waals surface area contributed by atoms with Gasteiger partial charge < -0.3 is 20.5 Å². The molecule has 27 heavy (non-hydrogen) atoms. The van der Waals surface area contributed by atoms with E-state index in [1.807, 2.05) is 0 Å². The molecular weight excluding hydrogens is 340 g/mol. The average molecular weight is 370 g/mol. The third-order valence-electron chi connectivity index (χ3n) is 4.28. The normalized spacial score (nSPS) is 11.1. The van der Waals surface area contributed by atoms with E-state index in [1.54, 1.807) is 25.3 Å². The zero-order valence-electron chi connectivity index (χ0n) is 16.7. The van der Waals surface area contributed by atoms with E-state index in [4.69, 9.17) is 15.2 Å². The molecule has 0 saturated carbocycles. The first-order chi connectivity index (χ1) is 12.8. The van der Waals surface area contributed by atoms with Gasteiger partial charge in [-0.25, -0.2) is 0 Å². The van der Waals surface area contributed by atoms with Crippen molar-refractivity contribution in [3.8, 4) is 11.5 Å². The molecule has 0 heterocycles. The predicted molar refractivity (Wildman–Crippen MR) is 110 cm³/mol. The summed E-state index contributed by atoms with van der Waals surface area (Å²) in [5, 5.41) is 2.91. The molecule has 0 unspecified atom stereocenters. The molecule has 2 rings (SSSR count). The lowest BCUT2D eigenvalue weighted by atomic mass is 9.86. The Labute approximate surface area is 161 Å². The highest BCUT2D eigenvalue weighted by Gasteiger charge is 2.13. The molecular formula is C22H30N2O3. The number of benzene rings is 2. The summed E-state index contributed by atoms with van der Waals surface area (Å²) in [4.78, 5) is 12.3. The van der Waals surface area contributed by atoms with Gasteiger partial charge in [0.1, 0.15) is 6.61 Å². The van der Waals surface area contributed by atoms with E-state index in [0.717, 1.165) is 5.56 Å². The number of ether oxygens (including phenoxy) is 2.